The molecule has 0 saturated heterocycles. The summed E-state index contributed by atoms with van der Waals surface area (Å²) in [5.41, 5.74) is 3.45. The van der Waals surface area contributed by atoms with E-state index in [1.165, 1.54) is 41.8 Å². The number of benzene rings is 1. The van der Waals surface area contributed by atoms with E-state index < -0.39 is 15.9 Å². The predicted molar refractivity (Wildman–Crippen MR) is 117 cm³/mol. The summed E-state index contributed by atoms with van der Waals surface area (Å²) in [7, 11) is -3.70. The monoisotopic (exact) mass is 477 g/mol. The number of aromatic nitrogens is 2. The molecule has 160 valence electrons. The van der Waals surface area contributed by atoms with Crippen molar-refractivity contribution in [2.24, 2.45) is 5.10 Å². The van der Waals surface area contributed by atoms with Crippen LogP contribution in [0.15, 0.2) is 62.4 Å². The summed E-state index contributed by atoms with van der Waals surface area (Å²) in [5.74, 6) is 0.339. The first-order chi connectivity index (χ1) is 14.8. The molecule has 1 amide bonds. The van der Waals surface area contributed by atoms with Crippen molar-refractivity contribution in [1.82, 2.24) is 19.5 Å². The number of imidazole rings is 1. The number of rotatable bonds is 7. The molecule has 1 aromatic carbocycles. The number of aryl methyl sites for hydroxylation is 1. The van der Waals surface area contributed by atoms with Gasteiger partial charge in [0.1, 0.15) is 17.2 Å². The number of carbonyl (C=O) groups is 1. The molecule has 0 atom stereocenters. The Bertz CT molecular complexity index is 1370. The first-order valence-corrected chi connectivity index (χ1v) is 11.7. The zero-order valence-electron chi connectivity index (χ0n) is 16.1. The zero-order chi connectivity index (χ0) is 22.0. The first-order valence-electron chi connectivity index (χ1n) is 8.93. The van der Waals surface area contributed by atoms with Gasteiger partial charge in [-0.2, -0.15) is 5.10 Å². The van der Waals surface area contributed by atoms with Crippen LogP contribution < -0.4 is 10.1 Å². The van der Waals surface area contributed by atoms with Gasteiger partial charge < -0.3 is 4.42 Å². The van der Waals surface area contributed by atoms with Gasteiger partial charge in [-0.25, -0.2) is 23.5 Å². The number of furan rings is 1. The summed E-state index contributed by atoms with van der Waals surface area (Å²) in [4.78, 5) is 17.5. The topological polar surface area (TPSA) is 118 Å². The van der Waals surface area contributed by atoms with E-state index in [1.807, 2.05) is 5.38 Å². The molecule has 0 spiro atoms. The molecular formula is C19H16ClN5O4S2. The van der Waals surface area contributed by atoms with Gasteiger partial charge in [-0.3, -0.25) is 9.20 Å². The van der Waals surface area contributed by atoms with Crippen LogP contribution in [0.3, 0.4) is 0 Å². The molecule has 9 nitrogen and oxygen atoms in total. The van der Waals surface area contributed by atoms with Crippen molar-refractivity contribution in [2.45, 2.75) is 18.4 Å². The number of thiazole rings is 1. The van der Waals surface area contributed by atoms with Crippen LogP contribution >= 0.6 is 22.9 Å². The predicted octanol–water partition coefficient (Wildman–Crippen LogP) is 3.19. The quantitative estimate of drug-likeness (QED) is 0.313. The van der Waals surface area contributed by atoms with Crippen molar-refractivity contribution in [3.63, 3.8) is 0 Å². The average Bonchev–Trinajstić information content (AvgIpc) is 3.43. The van der Waals surface area contributed by atoms with Crippen LogP contribution in [-0.4, -0.2) is 29.9 Å². The zero-order valence-corrected chi connectivity index (χ0v) is 18.5. The fraction of sp³-hybridized carbons (Fsp3) is 0.105. The maximum atomic E-state index is 12.4. The van der Waals surface area contributed by atoms with Crippen LogP contribution in [0, 0.1) is 6.92 Å². The van der Waals surface area contributed by atoms with Crippen LogP contribution in [0.1, 0.15) is 27.7 Å². The Morgan fingerprint density at radius 1 is 1.29 bits per heavy atom. The minimum atomic E-state index is -3.70. The first kappa shape index (κ1) is 21.2. The number of nitrogens with zero attached hydrogens (tertiary/aromatic N) is 3. The van der Waals surface area contributed by atoms with Gasteiger partial charge in [-0.05, 0) is 43.3 Å². The Hall–Kier alpha value is -2.99. The lowest BCUT2D eigenvalue weighted by Crippen LogP contribution is -2.22. The van der Waals surface area contributed by atoms with Gasteiger partial charge in [0.15, 0.2) is 4.96 Å². The van der Waals surface area contributed by atoms with E-state index in [0.717, 1.165) is 4.96 Å². The smallest absolute Gasteiger partial charge is 0.290 e. The second-order valence-corrected chi connectivity index (χ2v) is 9.46. The van der Waals surface area contributed by atoms with Crippen molar-refractivity contribution in [3.8, 4) is 0 Å². The molecule has 31 heavy (non-hydrogen) atoms. The number of fused-ring (bicyclic) bond motifs is 1. The van der Waals surface area contributed by atoms with Gasteiger partial charge in [-0.1, -0.05) is 11.6 Å². The maximum absolute atomic E-state index is 12.4. The van der Waals surface area contributed by atoms with E-state index in [-0.39, 0.29) is 11.4 Å². The fourth-order valence-corrected chi connectivity index (χ4v) is 4.68. The highest BCUT2D eigenvalue weighted by atomic mass is 35.5. The number of hydrogen-bond donors (Lipinski definition) is 2. The molecule has 2 N–H and O–H groups in total. The van der Waals surface area contributed by atoms with Crippen LogP contribution in [-0.2, 0) is 16.6 Å². The number of sulfonamides is 1. The maximum Gasteiger partial charge on any atom is 0.290 e. The highest BCUT2D eigenvalue weighted by Crippen LogP contribution is 2.17. The molecule has 3 heterocycles. The average molecular weight is 478 g/mol. The summed E-state index contributed by atoms with van der Waals surface area (Å²) < 4.78 is 34.3. The molecule has 12 heteroatoms. The molecule has 0 radical (unpaired) electrons. The molecule has 0 bridgehead atoms. The second-order valence-electron chi connectivity index (χ2n) is 6.38. The lowest BCUT2D eigenvalue weighted by molar-refractivity contribution is 0.0948. The molecule has 0 aliphatic rings. The van der Waals surface area contributed by atoms with Crippen molar-refractivity contribution in [2.75, 3.05) is 0 Å². The summed E-state index contributed by atoms with van der Waals surface area (Å²) >= 11 is 7.22. The van der Waals surface area contributed by atoms with E-state index >= 15 is 0 Å². The number of hydrogen-bond acceptors (Lipinski definition) is 7. The SMILES string of the molecule is Cc1nc2sccn2c1C(=O)N/N=C\c1ccc(CNS(=O)(=O)c2ccc(Cl)cc2)o1. The minimum Gasteiger partial charge on any atom is -0.459 e. The van der Waals surface area contributed by atoms with Crippen LogP contribution in [0.25, 0.3) is 4.96 Å². The Morgan fingerprint density at radius 3 is 2.84 bits per heavy atom. The number of halogens is 1. The van der Waals surface area contributed by atoms with Gasteiger partial charge in [-0.15, -0.1) is 11.3 Å². The molecule has 0 aliphatic heterocycles. The van der Waals surface area contributed by atoms with Crippen LogP contribution in [0.5, 0.6) is 0 Å². The van der Waals surface area contributed by atoms with Crippen molar-refractivity contribution in [1.29, 1.82) is 0 Å². The molecule has 4 aromatic rings. The number of carbonyl (C=O) groups excluding carboxylic acids is 1. The summed E-state index contributed by atoms with van der Waals surface area (Å²) in [5, 5.41) is 6.19. The molecular weight excluding hydrogens is 462 g/mol. The van der Waals surface area contributed by atoms with Gasteiger partial charge in [0.25, 0.3) is 5.91 Å². The van der Waals surface area contributed by atoms with E-state index in [4.69, 9.17) is 16.0 Å². The lowest BCUT2D eigenvalue weighted by atomic mass is 10.3. The van der Waals surface area contributed by atoms with E-state index in [0.29, 0.717) is 27.9 Å². The second kappa shape index (κ2) is 8.63. The summed E-state index contributed by atoms with van der Waals surface area (Å²) in [6.45, 7) is 1.71. The standard InChI is InChI=1S/C19H16ClN5O4S2/c1-12-17(25-8-9-30-19(25)23-12)18(26)24-21-10-14-4-5-15(29-14)11-22-31(27,28)16-6-2-13(20)3-7-16/h2-10,22H,11H2,1H3,(H,24,26)/b21-10-. The third-order valence-corrected chi connectivity index (χ3v) is 6.68. The van der Waals surface area contributed by atoms with Gasteiger partial charge in [0, 0.05) is 16.6 Å². The van der Waals surface area contributed by atoms with Gasteiger partial charge in [0.2, 0.25) is 10.0 Å². The minimum absolute atomic E-state index is 0.0453. The van der Waals surface area contributed by atoms with Crippen molar-refractivity contribution < 1.29 is 17.6 Å². The molecule has 4 rings (SSSR count). The van der Waals surface area contributed by atoms with Gasteiger partial charge >= 0.3 is 0 Å². The Kier molecular flexibility index (Phi) is 5.92. The molecule has 0 aliphatic carbocycles. The third kappa shape index (κ3) is 4.69. The Morgan fingerprint density at radius 2 is 2.06 bits per heavy atom. The molecule has 3 aromatic heterocycles. The normalized spacial score (nSPS) is 12.1. The molecule has 0 fully saturated rings. The summed E-state index contributed by atoms with van der Waals surface area (Å²) in [6.07, 6.45) is 3.10. The highest BCUT2D eigenvalue weighted by Gasteiger charge is 2.17. The highest BCUT2D eigenvalue weighted by molar-refractivity contribution is 7.89. The lowest BCUT2D eigenvalue weighted by Gasteiger charge is -2.05. The number of nitrogens with one attached hydrogen (secondary N) is 2. The number of amides is 1. The third-order valence-electron chi connectivity index (χ3n) is 4.25. The van der Waals surface area contributed by atoms with Crippen molar-refractivity contribution >= 4 is 50.0 Å². The largest absolute Gasteiger partial charge is 0.459 e. The molecule has 0 unspecified atom stereocenters. The van der Waals surface area contributed by atoms with Crippen LogP contribution in [0.2, 0.25) is 5.02 Å². The summed E-state index contributed by atoms with van der Waals surface area (Å²) in [6, 6.07) is 9.06. The molecule has 0 saturated carbocycles. The van der Waals surface area contributed by atoms with E-state index in [1.54, 1.807) is 29.7 Å². The van der Waals surface area contributed by atoms with Gasteiger partial charge in [0.05, 0.1) is 23.3 Å². The van der Waals surface area contributed by atoms with Crippen molar-refractivity contribution in [3.05, 3.63) is 75.9 Å². The fourth-order valence-electron chi connectivity index (χ4n) is 2.80. The van der Waals surface area contributed by atoms with E-state index in [9.17, 15) is 13.2 Å². The van der Waals surface area contributed by atoms with E-state index in [2.05, 4.69) is 20.2 Å². The van der Waals surface area contributed by atoms with Crippen LogP contribution in [0.4, 0.5) is 0 Å². The number of hydrazone groups is 1. The Labute approximate surface area is 186 Å². The Balaban J connectivity index is 1.36.